The van der Waals surface area contributed by atoms with Gasteiger partial charge in [0.25, 0.3) is 0 Å². The van der Waals surface area contributed by atoms with Gasteiger partial charge >= 0.3 is 5.97 Å². The highest BCUT2D eigenvalue weighted by molar-refractivity contribution is 5.72. The van der Waals surface area contributed by atoms with Crippen LogP contribution in [0.2, 0.25) is 0 Å². The molecular weight excluding hydrogens is 292 g/mol. The molecule has 0 bridgehead atoms. The maximum Gasteiger partial charge on any atom is 0.311 e. The molecule has 4 heteroatoms. The molecule has 2 rings (SSSR count). The molecule has 0 spiro atoms. The number of carbonyl (C=O) groups excluding carboxylic acids is 1. The first kappa shape index (κ1) is 16.9. The van der Waals surface area contributed by atoms with Crippen molar-refractivity contribution in [2.24, 2.45) is 0 Å². The number of rotatable bonds is 7. The standard InChI is InChI=1S/C19H22O4/c1-14-6-7-18(13-15(14)2)23-19(20)5-4-12-22-17-10-8-16(21-3)9-11-17/h6-11,13H,4-5,12H2,1-3H3. The van der Waals surface area contributed by atoms with Crippen molar-refractivity contribution in [2.45, 2.75) is 26.7 Å². The fraction of sp³-hybridized carbons (Fsp3) is 0.316. The molecule has 0 N–H and O–H groups in total. The van der Waals surface area contributed by atoms with E-state index in [1.54, 1.807) is 7.11 Å². The Morgan fingerprint density at radius 2 is 1.57 bits per heavy atom. The van der Waals surface area contributed by atoms with Crippen LogP contribution in [0.4, 0.5) is 0 Å². The van der Waals surface area contributed by atoms with Gasteiger partial charge < -0.3 is 14.2 Å². The van der Waals surface area contributed by atoms with Gasteiger partial charge in [-0.3, -0.25) is 4.79 Å². The Morgan fingerprint density at radius 3 is 2.22 bits per heavy atom. The maximum atomic E-state index is 11.8. The number of ether oxygens (including phenoxy) is 3. The molecule has 0 saturated heterocycles. The molecule has 0 radical (unpaired) electrons. The Kier molecular flexibility index (Phi) is 6.03. The van der Waals surface area contributed by atoms with Crippen molar-refractivity contribution in [2.75, 3.05) is 13.7 Å². The van der Waals surface area contributed by atoms with Gasteiger partial charge in [0, 0.05) is 6.42 Å². The van der Waals surface area contributed by atoms with Crippen LogP contribution in [0, 0.1) is 13.8 Å². The van der Waals surface area contributed by atoms with E-state index < -0.39 is 0 Å². The third-order valence-corrected chi connectivity index (χ3v) is 3.56. The average Bonchev–Trinajstić information content (AvgIpc) is 2.55. The minimum atomic E-state index is -0.244. The zero-order valence-electron chi connectivity index (χ0n) is 13.8. The smallest absolute Gasteiger partial charge is 0.311 e. The lowest BCUT2D eigenvalue weighted by molar-refractivity contribution is -0.134. The van der Waals surface area contributed by atoms with Gasteiger partial charge in [-0.15, -0.1) is 0 Å². The van der Waals surface area contributed by atoms with Crippen LogP contribution in [0.15, 0.2) is 42.5 Å². The Balaban J connectivity index is 1.70. The van der Waals surface area contributed by atoms with Crippen molar-refractivity contribution < 1.29 is 19.0 Å². The van der Waals surface area contributed by atoms with Gasteiger partial charge in [0.05, 0.1) is 13.7 Å². The van der Waals surface area contributed by atoms with Crippen molar-refractivity contribution in [1.29, 1.82) is 0 Å². The third kappa shape index (κ3) is 5.33. The lowest BCUT2D eigenvalue weighted by Gasteiger charge is -2.08. The second-order valence-corrected chi connectivity index (χ2v) is 5.35. The molecule has 0 atom stereocenters. The van der Waals surface area contributed by atoms with Crippen LogP contribution in [0.1, 0.15) is 24.0 Å². The molecule has 0 fully saturated rings. The Morgan fingerprint density at radius 1 is 0.913 bits per heavy atom. The monoisotopic (exact) mass is 314 g/mol. The lowest BCUT2D eigenvalue weighted by atomic mass is 10.1. The summed E-state index contributed by atoms with van der Waals surface area (Å²) >= 11 is 0. The number of esters is 1. The van der Waals surface area contributed by atoms with Gasteiger partial charge in [-0.25, -0.2) is 0 Å². The highest BCUT2D eigenvalue weighted by atomic mass is 16.5. The molecular formula is C19H22O4. The number of methoxy groups -OCH3 is 1. The molecule has 23 heavy (non-hydrogen) atoms. The summed E-state index contributed by atoms with van der Waals surface area (Å²) in [5.41, 5.74) is 2.29. The second-order valence-electron chi connectivity index (χ2n) is 5.35. The quantitative estimate of drug-likeness (QED) is 0.439. The third-order valence-electron chi connectivity index (χ3n) is 3.56. The van der Waals surface area contributed by atoms with Crippen molar-refractivity contribution in [3.05, 3.63) is 53.6 Å². The molecule has 0 aromatic heterocycles. The van der Waals surface area contributed by atoms with E-state index in [0.29, 0.717) is 25.2 Å². The Bertz CT molecular complexity index is 647. The van der Waals surface area contributed by atoms with Gasteiger partial charge in [-0.2, -0.15) is 0 Å². The highest BCUT2D eigenvalue weighted by Crippen LogP contribution is 2.18. The van der Waals surface area contributed by atoms with Crippen LogP contribution in [-0.2, 0) is 4.79 Å². The van der Waals surface area contributed by atoms with E-state index in [9.17, 15) is 4.79 Å². The summed E-state index contributed by atoms with van der Waals surface area (Å²) in [5, 5.41) is 0. The van der Waals surface area contributed by atoms with E-state index >= 15 is 0 Å². The first-order valence-electron chi connectivity index (χ1n) is 7.63. The van der Waals surface area contributed by atoms with Crippen LogP contribution in [0.25, 0.3) is 0 Å². The van der Waals surface area contributed by atoms with Crippen LogP contribution >= 0.6 is 0 Å². The van der Waals surface area contributed by atoms with Gasteiger partial charge in [-0.05, 0) is 67.8 Å². The first-order chi connectivity index (χ1) is 11.1. The fourth-order valence-corrected chi connectivity index (χ4v) is 2.04. The molecule has 4 nitrogen and oxygen atoms in total. The lowest BCUT2D eigenvalue weighted by Crippen LogP contribution is -2.10. The molecule has 0 amide bonds. The minimum absolute atomic E-state index is 0.244. The maximum absolute atomic E-state index is 11.8. The Hall–Kier alpha value is -2.49. The number of benzene rings is 2. The van der Waals surface area contributed by atoms with E-state index in [0.717, 1.165) is 17.1 Å². The number of hydrogen-bond acceptors (Lipinski definition) is 4. The molecule has 0 unspecified atom stereocenters. The molecule has 0 aliphatic heterocycles. The SMILES string of the molecule is COc1ccc(OCCCC(=O)Oc2ccc(C)c(C)c2)cc1. The largest absolute Gasteiger partial charge is 0.497 e. The van der Waals surface area contributed by atoms with E-state index in [2.05, 4.69) is 0 Å². The van der Waals surface area contributed by atoms with E-state index in [1.807, 2.05) is 56.3 Å². The summed E-state index contributed by atoms with van der Waals surface area (Å²) in [6, 6.07) is 13.0. The van der Waals surface area contributed by atoms with Crippen molar-refractivity contribution in [3.8, 4) is 17.2 Å². The predicted octanol–water partition coefficient (Wildman–Crippen LogP) is 4.08. The van der Waals surface area contributed by atoms with Crippen LogP contribution in [-0.4, -0.2) is 19.7 Å². The molecule has 2 aromatic rings. The van der Waals surface area contributed by atoms with Crippen molar-refractivity contribution in [1.82, 2.24) is 0 Å². The summed E-state index contributed by atoms with van der Waals surface area (Å²) in [5.74, 6) is 1.89. The normalized spacial score (nSPS) is 10.2. The van der Waals surface area contributed by atoms with Gasteiger partial charge in [0.15, 0.2) is 0 Å². The van der Waals surface area contributed by atoms with Gasteiger partial charge in [-0.1, -0.05) is 6.07 Å². The van der Waals surface area contributed by atoms with Crippen LogP contribution in [0.5, 0.6) is 17.2 Å². The molecule has 0 heterocycles. The van der Waals surface area contributed by atoms with Crippen molar-refractivity contribution in [3.63, 3.8) is 0 Å². The summed E-state index contributed by atoms with van der Waals surface area (Å²) in [7, 11) is 1.62. The Labute approximate surface area is 137 Å². The van der Waals surface area contributed by atoms with Crippen LogP contribution < -0.4 is 14.2 Å². The number of hydrogen-bond donors (Lipinski definition) is 0. The highest BCUT2D eigenvalue weighted by Gasteiger charge is 2.06. The van der Waals surface area contributed by atoms with Crippen molar-refractivity contribution >= 4 is 5.97 Å². The zero-order valence-corrected chi connectivity index (χ0v) is 13.8. The molecule has 0 aliphatic carbocycles. The molecule has 0 saturated carbocycles. The number of aryl methyl sites for hydroxylation is 2. The summed E-state index contributed by atoms with van der Waals surface area (Å²) in [6.07, 6.45) is 0.929. The van der Waals surface area contributed by atoms with E-state index in [1.165, 1.54) is 5.56 Å². The topological polar surface area (TPSA) is 44.8 Å². The fourth-order valence-electron chi connectivity index (χ4n) is 2.04. The van der Waals surface area contributed by atoms with E-state index in [-0.39, 0.29) is 5.97 Å². The van der Waals surface area contributed by atoms with Gasteiger partial charge in [0.2, 0.25) is 0 Å². The molecule has 0 aliphatic rings. The van der Waals surface area contributed by atoms with Crippen LogP contribution in [0.3, 0.4) is 0 Å². The average molecular weight is 314 g/mol. The first-order valence-corrected chi connectivity index (χ1v) is 7.63. The summed E-state index contributed by atoms with van der Waals surface area (Å²) in [4.78, 5) is 11.8. The molecule has 122 valence electrons. The number of carbonyl (C=O) groups is 1. The second kappa shape index (κ2) is 8.22. The summed E-state index contributed by atoms with van der Waals surface area (Å²) in [6.45, 7) is 4.49. The zero-order chi connectivity index (χ0) is 16.7. The van der Waals surface area contributed by atoms with Gasteiger partial charge in [0.1, 0.15) is 17.2 Å². The predicted molar refractivity (Wildman–Crippen MR) is 89.3 cm³/mol. The van der Waals surface area contributed by atoms with E-state index in [4.69, 9.17) is 14.2 Å². The molecule has 2 aromatic carbocycles. The minimum Gasteiger partial charge on any atom is -0.497 e. The summed E-state index contributed by atoms with van der Waals surface area (Å²) < 4.78 is 16.0.